The van der Waals surface area contributed by atoms with E-state index in [4.69, 9.17) is 23.2 Å². The molecule has 0 amide bonds. The molecule has 0 radical (unpaired) electrons. The van der Waals surface area contributed by atoms with E-state index in [-0.39, 0.29) is 23.5 Å². The molecular formula is C6H14Cl2Si2. The van der Waals surface area contributed by atoms with Crippen LogP contribution in [0, 0.1) is 0 Å². The predicted octanol–water partition coefficient (Wildman–Crippen LogP) is 1.38. The van der Waals surface area contributed by atoms with Crippen LogP contribution >= 0.6 is 23.2 Å². The van der Waals surface area contributed by atoms with Gasteiger partial charge in [0.15, 0.2) is 0 Å². The third-order valence-corrected chi connectivity index (χ3v) is 7.48. The fraction of sp³-hybridized carbons (Fsp3) is 0.667. The summed E-state index contributed by atoms with van der Waals surface area (Å²) >= 11 is 11.3. The Bertz CT molecular complexity index is 112. The normalized spacial score (nSPS) is 15.1. The first-order valence-electron chi connectivity index (χ1n) is 3.56. The average Bonchev–Trinajstić information content (AvgIpc) is 1.87. The molecule has 0 aliphatic rings. The van der Waals surface area contributed by atoms with E-state index in [2.05, 4.69) is 19.9 Å². The molecule has 0 spiro atoms. The fourth-order valence-corrected chi connectivity index (χ4v) is 8.03. The standard InChI is InChI=1S/C6H14Cl2Si2/c1-3-5(2)9-4-10-6(7)8/h3,6H,4,9-10H2,1-2H3. The smallest absolute Gasteiger partial charge is 0.0905 e. The van der Waals surface area contributed by atoms with Gasteiger partial charge < -0.3 is 0 Å². The van der Waals surface area contributed by atoms with Crippen molar-refractivity contribution in [2.75, 3.05) is 0 Å². The van der Waals surface area contributed by atoms with Crippen LogP contribution in [0.2, 0.25) is 5.67 Å². The van der Waals surface area contributed by atoms with Gasteiger partial charge in [-0.25, -0.2) is 0 Å². The summed E-state index contributed by atoms with van der Waals surface area (Å²) in [6, 6.07) is 0. The summed E-state index contributed by atoms with van der Waals surface area (Å²) in [6.45, 7) is 4.31. The number of hydrogen-bond donors (Lipinski definition) is 0. The first kappa shape index (κ1) is 10.8. The summed E-state index contributed by atoms with van der Waals surface area (Å²) in [4.78, 5) is 0. The van der Waals surface area contributed by atoms with Crippen LogP contribution < -0.4 is 0 Å². The SMILES string of the molecule is CC=C(C)[SiH2]C[SiH2]C(Cl)Cl. The van der Waals surface area contributed by atoms with Crippen molar-refractivity contribution >= 4 is 42.2 Å². The van der Waals surface area contributed by atoms with Crippen molar-refractivity contribution in [2.24, 2.45) is 0 Å². The van der Waals surface area contributed by atoms with Crippen molar-refractivity contribution in [3.05, 3.63) is 11.3 Å². The number of halogens is 2. The Morgan fingerprint density at radius 2 is 2.20 bits per heavy atom. The Kier molecular flexibility index (Phi) is 6.95. The van der Waals surface area contributed by atoms with Gasteiger partial charge in [0.05, 0.1) is 14.0 Å². The highest BCUT2D eigenvalue weighted by Crippen LogP contribution is 2.02. The van der Waals surface area contributed by atoms with Gasteiger partial charge in [-0.3, -0.25) is 0 Å². The Morgan fingerprint density at radius 1 is 1.60 bits per heavy atom. The molecule has 0 N–H and O–H groups in total. The van der Waals surface area contributed by atoms with Crippen LogP contribution in [0.3, 0.4) is 0 Å². The Hall–Kier alpha value is 0.754. The second-order valence-electron chi connectivity index (χ2n) is 2.42. The van der Waals surface area contributed by atoms with Crippen molar-refractivity contribution in [1.29, 1.82) is 0 Å². The van der Waals surface area contributed by atoms with Crippen molar-refractivity contribution in [1.82, 2.24) is 0 Å². The maximum absolute atomic E-state index is 5.63. The molecule has 60 valence electrons. The van der Waals surface area contributed by atoms with Crippen LogP contribution in [0.1, 0.15) is 13.8 Å². The molecule has 0 aromatic carbocycles. The van der Waals surface area contributed by atoms with E-state index >= 15 is 0 Å². The summed E-state index contributed by atoms with van der Waals surface area (Å²) in [5, 5.41) is 1.58. The molecular weight excluding hydrogens is 199 g/mol. The fourth-order valence-electron chi connectivity index (χ4n) is 0.680. The van der Waals surface area contributed by atoms with Crippen molar-refractivity contribution in [3.63, 3.8) is 0 Å². The number of allylic oxidation sites excluding steroid dienone is 2. The minimum absolute atomic E-state index is 0.0165. The first-order valence-corrected chi connectivity index (χ1v) is 7.96. The lowest BCUT2D eigenvalue weighted by Gasteiger charge is -1.98. The van der Waals surface area contributed by atoms with Crippen molar-refractivity contribution in [2.45, 2.75) is 24.0 Å². The topological polar surface area (TPSA) is 0 Å². The molecule has 0 bridgehead atoms. The molecule has 0 aromatic heterocycles. The largest absolute Gasteiger partial charge is 0.110 e. The summed E-state index contributed by atoms with van der Waals surface area (Å²) in [7, 11) is -0.107. The van der Waals surface area contributed by atoms with Crippen LogP contribution in [0.25, 0.3) is 0 Å². The second-order valence-corrected chi connectivity index (χ2v) is 10.6. The van der Waals surface area contributed by atoms with Crippen LogP contribution in [0.15, 0.2) is 11.3 Å². The maximum Gasteiger partial charge on any atom is 0.0905 e. The van der Waals surface area contributed by atoms with Gasteiger partial charge in [0.2, 0.25) is 0 Å². The van der Waals surface area contributed by atoms with E-state index in [1.54, 1.807) is 5.20 Å². The highest BCUT2D eigenvalue weighted by atomic mass is 35.5. The van der Waals surface area contributed by atoms with E-state index in [9.17, 15) is 0 Å². The van der Waals surface area contributed by atoms with Crippen LogP contribution in [-0.4, -0.2) is 23.5 Å². The maximum atomic E-state index is 5.63. The molecule has 0 aliphatic carbocycles. The van der Waals surface area contributed by atoms with Gasteiger partial charge in [0, 0.05) is 9.52 Å². The zero-order chi connectivity index (χ0) is 7.98. The molecule has 0 saturated heterocycles. The lowest BCUT2D eigenvalue weighted by Crippen LogP contribution is -2.06. The average molecular weight is 213 g/mol. The van der Waals surface area contributed by atoms with Gasteiger partial charge in [0.25, 0.3) is 0 Å². The van der Waals surface area contributed by atoms with Crippen molar-refractivity contribution < 1.29 is 0 Å². The summed E-state index contributed by atoms with van der Waals surface area (Å²) in [5.41, 5.74) is 1.37. The van der Waals surface area contributed by atoms with Crippen LogP contribution in [0.4, 0.5) is 0 Å². The molecule has 0 aliphatic heterocycles. The van der Waals surface area contributed by atoms with Gasteiger partial charge in [-0.15, -0.1) is 23.2 Å². The molecule has 0 nitrogen and oxygen atoms in total. The van der Waals surface area contributed by atoms with Crippen molar-refractivity contribution in [3.8, 4) is 0 Å². The minimum Gasteiger partial charge on any atom is -0.110 e. The monoisotopic (exact) mass is 212 g/mol. The molecule has 0 rings (SSSR count). The molecule has 0 unspecified atom stereocenters. The van der Waals surface area contributed by atoms with E-state index < -0.39 is 0 Å². The minimum atomic E-state index is -0.154. The summed E-state index contributed by atoms with van der Waals surface area (Å²) in [5.74, 6) is 0. The van der Waals surface area contributed by atoms with Gasteiger partial charge >= 0.3 is 0 Å². The highest BCUT2D eigenvalue weighted by molar-refractivity contribution is 6.74. The number of hydrogen-bond acceptors (Lipinski definition) is 0. The molecule has 0 atom stereocenters. The van der Waals surface area contributed by atoms with E-state index in [0.717, 1.165) is 0 Å². The Morgan fingerprint density at radius 3 is 2.60 bits per heavy atom. The highest BCUT2D eigenvalue weighted by Gasteiger charge is 1.99. The van der Waals surface area contributed by atoms with E-state index in [1.807, 2.05) is 0 Å². The molecule has 0 saturated carbocycles. The van der Waals surface area contributed by atoms with Crippen LogP contribution in [-0.2, 0) is 0 Å². The zero-order valence-electron chi connectivity index (χ0n) is 6.53. The third kappa shape index (κ3) is 6.87. The number of alkyl halides is 2. The van der Waals surface area contributed by atoms with Gasteiger partial charge in [-0.05, 0) is 13.8 Å². The molecule has 0 fully saturated rings. The quantitative estimate of drug-likeness (QED) is 0.489. The molecule has 0 heterocycles. The second kappa shape index (κ2) is 6.46. The summed E-state index contributed by atoms with van der Waals surface area (Å²) in [6.07, 6.45) is 2.21. The molecule has 4 heteroatoms. The van der Waals surface area contributed by atoms with Gasteiger partial charge in [-0.1, -0.05) is 16.9 Å². The van der Waals surface area contributed by atoms with Gasteiger partial charge in [-0.2, -0.15) is 0 Å². The lowest BCUT2D eigenvalue weighted by atomic mass is 10.6. The molecule has 10 heavy (non-hydrogen) atoms. The van der Waals surface area contributed by atoms with E-state index in [0.29, 0.717) is 0 Å². The number of rotatable bonds is 4. The van der Waals surface area contributed by atoms with E-state index in [1.165, 1.54) is 5.67 Å². The van der Waals surface area contributed by atoms with Gasteiger partial charge in [0.1, 0.15) is 0 Å². The summed E-state index contributed by atoms with van der Waals surface area (Å²) < 4.78 is -0.0165. The lowest BCUT2D eigenvalue weighted by molar-refractivity contribution is 1.56. The Balaban J connectivity index is 3.20. The molecule has 0 aromatic rings. The first-order chi connectivity index (χ1) is 4.66. The predicted molar refractivity (Wildman–Crippen MR) is 56.8 cm³/mol. The Labute approximate surface area is 77.6 Å². The zero-order valence-corrected chi connectivity index (χ0v) is 10.9. The third-order valence-electron chi connectivity index (χ3n) is 1.49. The van der Waals surface area contributed by atoms with Crippen LogP contribution in [0.5, 0.6) is 0 Å².